The van der Waals surface area contributed by atoms with E-state index in [9.17, 15) is 4.79 Å². The molecule has 1 aliphatic carbocycles. The summed E-state index contributed by atoms with van der Waals surface area (Å²) in [6, 6.07) is 4.80. The predicted octanol–water partition coefficient (Wildman–Crippen LogP) is 2.89. The van der Waals surface area contributed by atoms with Crippen molar-refractivity contribution in [3.63, 3.8) is 0 Å². The molecule has 1 aromatic rings. The normalized spacial score (nSPS) is 42.0. The minimum absolute atomic E-state index is 0.0249. The van der Waals surface area contributed by atoms with Gasteiger partial charge in [0.1, 0.15) is 0 Å². The highest BCUT2D eigenvalue weighted by Gasteiger charge is 2.74. The fourth-order valence-electron chi connectivity index (χ4n) is 8.60. The van der Waals surface area contributed by atoms with Crippen molar-refractivity contribution in [1.82, 2.24) is 4.90 Å². The molecule has 0 aromatic heterocycles. The number of benzene rings is 1. The molecule has 1 spiro atoms. The van der Waals surface area contributed by atoms with Gasteiger partial charge < -0.3 is 19.1 Å². The standard InChI is InChI=1S/C25H30N2O4/c1-24-15-11-20-25-6-8-26(20)7-4-14(15)5-9-31-21(24)13-22(28)27(23(24)25)17-12-19(30-3)18(29-2)10-16(17)25/h5,10,12,15,20-21,23H,4,6-9,11,13H2,1-3H3/t15-,20-,21?,23?,24-,25+/m0/s1. The third-order valence-electron chi connectivity index (χ3n) is 9.76. The maximum atomic E-state index is 13.7. The van der Waals surface area contributed by atoms with Gasteiger partial charge in [0.15, 0.2) is 11.5 Å². The van der Waals surface area contributed by atoms with Crippen LogP contribution >= 0.6 is 0 Å². The number of fused-ring (bicyclic) bond motifs is 2. The molecular weight excluding hydrogens is 392 g/mol. The van der Waals surface area contributed by atoms with E-state index in [1.165, 1.54) is 5.56 Å². The van der Waals surface area contributed by atoms with Crippen molar-refractivity contribution in [3.05, 3.63) is 29.3 Å². The number of anilines is 1. The molecule has 5 aliphatic heterocycles. The van der Waals surface area contributed by atoms with Gasteiger partial charge in [0.2, 0.25) is 5.91 Å². The minimum Gasteiger partial charge on any atom is -0.493 e. The SMILES string of the molecule is COc1cc2c(cc1OC)[C@@]13CCN4CCC5=CCOC6CC(=O)N2C1[C@@]6(C)[C@H]5C[C@H]43. The molecule has 5 heterocycles. The van der Waals surface area contributed by atoms with Gasteiger partial charge in [0.25, 0.3) is 0 Å². The van der Waals surface area contributed by atoms with Crippen LogP contribution in [0.3, 0.4) is 0 Å². The average Bonchev–Trinajstić information content (AvgIpc) is 3.17. The molecule has 6 aliphatic rings. The van der Waals surface area contributed by atoms with E-state index in [-0.39, 0.29) is 28.9 Å². The number of nitrogens with zero attached hydrogens (tertiary/aromatic N) is 2. The van der Waals surface area contributed by atoms with Gasteiger partial charge >= 0.3 is 0 Å². The molecule has 4 fully saturated rings. The second kappa shape index (κ2) is 5.84. The van der Waals surface area contributed by atoms with Gasteiger partial charge in [-0.25, -0.2) is 0 Å². The molecule has 2 bridgehead atoms. The first-order valence-electron chi connectivity index (χ1n) is 11.7. The number of rotatable bonds is 2. The Labute approximate surface area is 183 Å². The van der Waals surface area contributed by atoms with Gasteiger partial charge in [-0.05, 0) is 43.4 Å². The van der Waals surface area contributed by atoms with Crippen LogP contribution in [0.15, 0.2) is 23.8 Å². The maximum Gasteiger partial charge on any atom is 0.229 e. The number of hydrogen-bond acceptors (Lipinski definition) is 5. The zero-order valence-electron chi connectivity index (χ0n) is 18.5. The zero-order valence-corrected chi connectivity index (χ0v) is 18.5. The van der Waals surface area contributed by atoms with Gasteiger partial charge in [-0.15, -0.1) is 0 Å². The summed E-state index contributed by atoms with van der Waals surface area (Å²) in [5.41, 5.74) is 3.72. The molecule has 31 heavy (non-hydrogen) atoms. The smallest absolute Gasteiger partial charge is 0.229 e. The molecule has 6 atom stereocenters. The molecule has 3 saturated heterocycles. The van der Waals surface area contributed by atoms with E-state index in [1.54, 1.807) is 19.8 Å². The average molecular weight is 423 g/mol. The van der Waals surface area contributed by atoms with Gasteiger partial charge in [0, 0.05) is 29.5 Å². The highest BCUT2D eigenvalue weighted by atomic mass is 16.5. The van der Waals surface area contributed by atoms with Crippen LogP contribution in [0.4, 0.5) is 5.69 Å². The third kappa shape index (κ3) is 1.92. The predicted molar refractivity (Wildman–Crippen MR) is 116 cm³/mol. The fraction of sp³-hybridized carbons (Fsp3) is 0.640. The van der Waals surface area contributed by atoms with Crippen LogP contribution < -0.4 is 14.4 Å². The van der Waals surface area contributed by atoms with E-state index >= 15 is 0 Å². The molecule has 2 unspecified atom stereocenters. The Morgan fingerprint density at radius 2 is 1.97 bits per heavy atom. The van der Waals surface area contributed by atoms with E-state index in [0.29, 0.717) is 30.7 Å². The first kappa shape index (κ1) is 18.5. The van der Waals surface area contributed by atoms with Gasteiger partial charge in [-0.3, -0.25) is 9.69 Å². The van der Waals surface area contributed by atoms with Crippen molar-refractivity contribution in [3.8, 4) is 11.5 Å². The molecule has 0 radical (unpaired) electrons. The van der Waals surface area contributed by atoms with Crippen LogP contribution in [0, 0.1) is 11.3 Å². The zero-order chi connectivity index (χ0) is 21.1. The molecule has 1 amide bonds. The molecule has 6 nitrogen and oxygen atoms in total. The Bertz CT molecular complexity index is 1040. The second-order valence-electron chi connectivity index (χ2n) is 10.4. The van der Waals surface area contributed by atoms with E-state index in [2.05, 4.69) is 34.9 Å². The molecular formula is C25H30N2O4. The second-order valence-corrected chi connectivity index (χ2v) is 10.4. The first-order chi connectivity index (χ1) is 15.0. The van der Waals surface area contributed by atoms with Crippen molar-refractivity contribution in [2.45, 2.75) is 56.2 Å². The number of carbonyl (C=O) groups excluding carboxylic acids is 1. The van der Waals surface area contributed by atoms with Gasteiger partial charge in [0.05, 0.1) is 45.1 Å². The lowest BCUT2D eigenvalue weighted by Gasteiger charge is -2.61. The number of hydrogen-bond donors (Lipinski definition) is 0. The van der Waals surface area contributed by atoms with E-state index in [4.69, 9.17) is 14.2 Å². The van der Waals surface area contributed by atoms with E-state index in [1.807, 2.05) is 0 Å². The maximum absolute atomic E-state index is 13.7. The minimum atomic E-state index is -0.0907. The van der Waals surface area contributed by atoms with Crippen molar-refractivity contribution < 1.29 is 19.0 Å². The molecule has 7 rings (SSSR count). The summed E-state index contributed by atoms with van der Waals surface area (Å²) < 4.78 is 17.8. The molecule has 0 N–H and O–H groups in total. The summed E-state index contributed by atoms with van der Waals surface area (Å²) in [5.74, 6) is 2.12. The van der Waals surface area contributed by atoms with Crippen LogP contribution in [0.2, 0.25) is 0 Å². The summed E-state index contributed by atoms with van der Waals surface area (Å²) >= 11 is 0. The Kier molecular flexibility index (Phi) is 3.49. The first-order valence-corrected chi connectivity index (χ1v) is 11.7. The van der Waals surface area contributed by atoms with E-state index < -0.39 is 0 Å². The van der Waals surface area contributed by atoms with Crippen LogP contribution in [0.25, 0.3) is 0 Å². The summed E-state index contributed by atoms with van der Waals surface area (Å²) in [6.45, 7) is 5.27. The van der Waals surface area contributed by atoms with Crippen molar-refractivity contribution in [1.29, 1.82) is 0 Å². The Balaban J connectivity index is 1.55. The highest BCUT2D eigenvalue weighted by molar-refractivity contribution is 6.00. The Morgan fingerprint density at radius 3 is 2.77 bits per heavy atom. The Morgan fingerprint density at radius 1 is 1.16 bits per heavy atom. The summed E-state index contributed by atoms with van der Waals surface area (Å²) in [7, 11) is 3.37. The number of piperidine rings is 1. The number of carbonyl (C=O) groups is 1. The third-order valence-corrected chi connectivity index (χ3v) is 9.76. The van der Waals surface area contributed by atoms with Gasteiger partial charge in [-0.2, -0.15) is 0 Å². The number of methoxy groups -OCH3 is 2. The highest BCUT2D eigenvalue weighted by Crippen LogP contribution is 2.69. The summed E-state index contributed by atoms with van der Waals surface area (Å²) in [6.07, 6.45) is 6.15. The number of amides is 1. The molecule has 1 saturated carbocycles. The monoisotopic (exact) mass is 422 g/mol. The summed E-state index contributed by atoms with van der Waals surface area (Å²) in [4.78, 5) is 18.6. The lowest BCUT2D eigenvalue weighted by Crippen LogP contribution is -2.72. The lowest BCUT2D eigenvalue weighted by atomic mass is 9.48. The largest absolute Gasteiger partial charge is 0.493 e. The van der Waals surface area contributed by atoms with Crippen LogP contribution in [0.1, 0.15) is 38.2 Å². The molecule has 6 heteroatoms. The van der Waals surface area contributed by atoms with Crippen LogP contribution in [0.5, 0.6) is 11.5 Å². The number of ether oxygens (including phenoxy) is 3. The van der Waals surface area contributed by atoms with Crippen LogP contribution in [-0.4, -0.2) is 62.9 Å². The van der Waals surface area contributed by atoms with Crippen molar-refractivity contribution in [2.75, 3.05) is 38.8 Å². The molecule has 1 aromatic carbocycles. The van der Waals surface area contributed by atoms with Crippen LogP contribution in [-0.2, 0) is 14.9 Å². The quantitative estimate of drug-likeness (QED) is 0.686. The summed E-state index contributed by atoms with van der Waals surface area (Å²) in [5, 5.41) is 0. The Hall–Kier alpha value is -2.05. The van der Waals surface area contributed by atoms with Gasteiger partial charge in [-0.1, -0.05) is 18.6 Å². The van der Waals surface area contributed by atoms with Crippen molar-refractivity contribution in [2.24, 2.45) is 11.3 Å². The fourth-order valence-corrected chi connectivity index (χ4v) is 8.60. The van der Waals surface area contributed by atoms with Crippen molar-refractivity contribution >= 4 is 11.6 Å². The lowest BCUT2D eigenvalue weighted by molar-refractivity contribution is -0.145. The topological polar surface area (TPSA) is 51.2 Å². The molecule has 164 valence electrons. The van der Waals surface area contributed by atoms with E-state index in [0.717, 1.165) is 43.8 Å².